The summed E-state index contributed by atoms with van der Waals surface area (Å²) in [7, 11) is 3.03. The maximum absolute atomic E-state index is 14.8. The van der Waals surface area contributed by atoms with Crippen LogP contribution in [0.5, 0.6) is 0 Å². The Labute approximate surface area is 503 Å². The average Bonchev–Trinajstić information content (AvgIpc) is 3.61. The number of hydrogen-bond acceptors (Lipinski definition) is 14. The van der Waals surface area contributed by atoms with Gasteiger partial charge in [0, 0.05) is 53.5 Å². The van der Waals surface area contributed by atoms with E-state index in [1.54, 1.807) is 53.4 Å². The van der Waals surface area contributed by atoms with Crippen molar-refractivity contribution in [1.29, 1.82) is 0 Å². The molecule has 15 nitrogen and oxygen atoms in total. The number of hydrogen-bond donors (Lipinski definition) is 5. The van der Waals surface area contributed by atoms with Gasteiger partial charge in [-0.15, -0.1) is 0 Å². The molecule has 0 aromatic heterocycles. The summed E-state index contributed by atoms with van der Waals surface area (Å²) >= 11 is 19.3. The standard InChI is InChI=1S/C63H95Cl3N2O13P/c1-14-51-63(10,75)56(71)42(6)68(52(69)20-18-16-15-17-19-33-82(47-27-21-44(64)22-28-47,48-29-23-45(65)24-30-48)49-31-25-46(66)26-32-49)37-38(2)35-61(8,74)58(81-60-54(70)50(67(11)12)34-39(3)77-60)40(4)55(41(5)59(73)79-51)80-53-36-62(9,76-13)57(72)43(7)78-53/h21-32,38-43,50-51,53-58,60,70-72,74-75H,14-20,33-37H2,1-13H3/q+1/t38-,39-,40+,41-,42-,43+,50+,51-,53+,54-,55+,56-,57+,58-,60+,61-,62-,63-/m1/s1. The average molecular weight is 1230 g/mol. The zero-order chi connectivity index (χ0) is 60.6. The van der Waals surface area contributed by atoms with Gasteiger partial charge in [-0.2, -0.15) is 0 Å². The number of methoxy groups -OCH3 is 1. The van der Waals surface area contributed by atoms with Crippen LogP contribution in [0.1, 0.15) is 133 Å². The number of esters is 1. The zero-order valence-electron chi connectivity index (χ0n) is 50.6. The first-order valence-corrected chi connectivity index (χ1v) is 32.6. The molecule has 0 aliphatic carbocycles. The van der Waals surface area contributed by atoms with Crippen LogP contribution >= 0.6 is 42.1 Å². The summed E-state index contributed by atoms with van der Waals surface area (Å²) in [6, 6.07) is 23.1. The van der Waals surface area contributed by atoms with E-state index in [-0.39, 0.29) is 50.3 Å². The van der Waals surface area contributed by atoms with Crippen molar-refractivity contribution in [2.45, 2.75) is 224 Å². The summed E-state index contributed by atoms with van der Waals surface area (Å²) in [5.41, 5.74) is -4.88. The molecule has 0 bridgehead atoms. The highest BCUT2D eigenvalue weighted by Gasteiger charge is 2.53. The normalized spacial score (nSPS) is 35.7. The minimum atomic E-state index is -2.21. The molecule has 18 atom stereocenters. The van der Waals surface area contributed by atoms with Gasteiger partial charge in [0.2, 0.25) is 5.91 Å². The Morgan fingerprint density at radius 1 is 0.756 bits per heavy atom. The molecule has 0 radical (unpaired) electrons. The van der Waals surface area contributed by atoms with Crippen LogP contribution in [0.15, 0.2) is 72.8 Å². The second-order valence-corrected chi connectivity index (χ2v) is 29.7. The number of carbonyl (C=O) groups is 2. The van der Waals surface area contributed by atoms with Crippen LogP contribution in [0.3, 0.4) is 0 Å². The van der Waals surface area contributed by atoms with Gasteiger partial charge in [0.25, 0.3) is 0 Å². The molecule has 3 aliphatic heterocycles. The van der Waals surface area contributed by atoms with E-state index in [2.05, 4.69) is 36.4 Å². The smallest absolute Gasteiger partial charge is 0.311 e. The monoisotopic (exact) mass is 1220 g/mol. The van der Waals surface area contributed by atoms with Crippen LogP contribution in [-0.4, -0.2) is 171 Å². The van der Waals surface area contributed by atoms with Gasteiger partial charge in [0.05, 0.1) is 53.7 Å². The molecule has 1 amide bonds. The molecular weight excluding hydrogens is 1130 g/mol. The van der Waals surface area contributed by atoms with Gasteiger partial charge in [-0.25, -0.2) is 0 Å². The van der Waals surface area contributed by atoms with Gasteiger partial charge in [-0.05, 0) is 180 Å². The Balaban J connectivity index is 1.27. The van der Waals surface area contributed by atoms with Gasteiger partial charge in [-0.1, -0.05) is 68.4 Å². The molecule has 3 aliphatic rings. The van der Waals surface area contributed by atoms with Crippen molar-refractivity contribution in [3.8, 4) is 0 Å². The Morgan fingerprint density at radius 3 is 1.79 bits per heavy atom. The fraction of sp³-hybridized carbons (Fsp3) is 0.683. The molecule has 3 aromatic carbocycles. The van der Waals surface area contributed by atoms with E-state index in [0.29, 0.717) is 27.9 Å². The second-order valence-electron chi connectivity index (χ2n) is 24.8. The van der Waals surface area contributed by atoms with Crippen LogP contribution in [0.25, 0.3) is 0 Å². The molecule has 19 heteroatoms. The van der Waals surface area contributed by atoms with Crippen LogP contribution in [-0.2, 0) is 38.0 Å². The van der Waals surface area contributed by atoms with Crippen LogP contribution in [0, 0.1) is 17.8 Å². The first-order chi connectivity index (χ1) is 38.5. The van der Waals surface area contributed by atoms with E-state index in [0.717, 1.165) is 31.8 Å². The number of amides is 1. The summed E-state index contributed by atoms with van der Waals surface area (Å²) in [6.07, 6.45) is -4.75. The Morgan fingerprint density at radius 2 is 1.28 bits per heavy atom. The van der Waals surface area contributed by atoms with E-state index >= 15 is 0 Å². The number of unbranched alkanes of at least 4 members (excludes halogenated alkanes) is 4. The van der Waals surface area contributed by atoms with Crippen LogP contribution in [0.4, 0.5) is 0 Å². The van der Waals surface area contributed by atoms with Crippen molar-refractivity contribution in [3.63, 3.8) is 0 Å². The quantitative estimate of drug-likeness (QED) is 0.0459. The predicted octanol–water partition coefficient (Wildman–Crippen LogP) is 9.09. The highest BCUT2D eigenvalue weighted by atomic mass is 35.5. The van der Waals surface area contributed by atoms with E-state index < -0.39 is 109 Å². The second kappa shape index (κ2) is 29.4. The molecule has 3 aromatic rings. The van der Waals surface area contributed by atoms with E-state index in [4.69, 9.17) is 63.2 Å². The van der Waals surface area contributed by atoms with Crippen LogP contribution < -0.4 is 15.9 Å². The number of ether oxygens (including phenoxy) is 6. The summed E-state index contributed by atoms with van der Waals surface area (Å²) in [5, 5.41) is 66.3. The van der Waals surface area contributed by atoms with Gasteiger partial charge in [0.1, 0.15) is 53.2 Å². The number of likely N-dealkylation sites (N-methyl/N-ethyl adjacent to an activating group) is 1. The summed E-state index contributed by atoms with van der Waals surface area (Å²) in [6.45, 7) is 17.3. The number of aliphatic hydroxyl groups is 5. The van der Waals surface area contributed by atoms with E-state index in [9.17, 15) is 35.1 Å². The third kappa shape index (κ3) is 16.1. The third-order valence-electron chi connectivity index (χ3n) is 17.9. The molecule has 0 unspecified atom stereocenters. The highest BCUT2D eigenvalue weighted by Crippen LogP contribution is 2.56. The first kappa shape index (κ1) is 68.6. The van der Waals surface area contributed by atoms with Gasteiger partial charge < -0.3 is 63.8 Å². The minimum Gasteiger partial charge on any atom is -0.459 e. The number of nitrogens with zero attached hydrogens (tertiary/aromatic N) is 2. The van der Waals surface area contributed by atoms with Crippen molar-refractivity contribution >= 4 is 69.9 Å². The number of cyclic esters (lactones) is 1. The summed E-state index contributed by atoms with van der Waals surface area (Å²) in [5.74, 6) is -3.42. The number of halogens is 3. The lowest BCUT2D eigenvalue weighted by Crippen LogP contribution is -2.60. The Bertz CT molecular complexity index is 2380. The zero-order valence-corrected chi connectivity index (χ0v) is 53.7. The fourth-order valence-electron chi connectivity index (χ4n) is 13.1. The number of carbonyl (C=O) groups excluding carboxylic acids is 2. The molecule has 0 saturated carbocycles. The largest absolute Gasteiger partial charge is 0.459 e. The topological polar surface area (TPSA) is 197 Å². The summed E-state index contributed by atoms with van der Waals surface area (Å²) in [4.78, 5) is 33.0. The lowest BCUT2D eigenvalue weighted by atomic mass is 9.77. The molecule has 3 heterocycles. The van der Waals surface area contributed by atoms with Crippen molar-refractivity contribution < 1.29 is 63.5 Å². The molecule has 460 valence electrons. The Hall–Kier alpha value is -2.54. The van der Waals surface area contributed by atoms with E-state index in [1.807, 2.05) is 69.2 Å². The molecular formula is C63H95Cl3N2O13P+. The van der Waals surface area contributed by atoms with Crippen molar-refractivity contribution in [2.24, 2.45) is 17.8 Å². The molecule has 3 fully saturated rings. The van der Waals surface area contributed by atoms with Crippen molar-refractivity contribution in [2.75, 3.05) is 33.9 Å². The van der Waals surface area contributed by atoms with Crippen molar-refractivity contribution in [3.05, 3.63) is 87.9 Å². The van der Waals surface area contributed by atoms with Gasteiger partial charge in [-0.3, -0.25) is 9.59 Å². The van der Waals surface area contributed by atoms with Crippen LogP contribution in [0.2, 0.25) is 15.1 Å². The van der Waals surface area contributed by atoms with Gasteiger partial charge in [0.15, 0.2) is 12.6 Å². The third-order valence-corrected chi connectivity index (χ3v) is 23.2. The first-order valence-electron chi connectivity index (χ1n) is 29.5. The summed E-state index contributed by atoms with van der Waals surface area (Å²) < 4.78 is 38.3. The number of rotatable bonds is 18. The molecule has 3 saturated heterocycles. The SMILES string of the molecule is CC[C@H]1OC(=O)[C@H](C)[C@@H](O[C@H]2C[C@@](C)(OC)[C@@H](O)[C@H](C)O2)[C@H](C)[C@@H](O[C@@H]2O[C@H](C)C[C@H](N(C)C)[C@H]2O)[C@](C)(O)C[C@@H](C)CN(C(=O)CCCCCCC[P+](c2ccc(Cl)cc2)(c2ccc(Cl)cc2)c2ccc(Cl)cc2)[C@H](C)[C@@H](O)[C@]1(C)O. The fourth-order valence-corrected chi connectivity index (χ4v) is 17.8. The molecule has 0 spiro atoms. The number of aliphatic hydroxyl groups excluding tert-OH is 3. The molecule has 82 heavy (non-hydrogen) atoms. The lowest BCUT2D eigenvalue weighted by molar-refractivity contribution is -0.318. The van der Waals surface area contributed by atoms with Crippen molar-refractivity contribution in [1.82, 2.24) is 9.80 Å². The molecule has 6 rings (SSSR count). The number of benzene rings is 3. The van der Waals surface area contributed by atoms with Gasteiger partial charge >= 0.3 is 5.97 Å². The molecule has 5 N–H and O–H groups in total. The Kier molecular flexibility index (Phi) is 24.6. The lowest BCUT2D eigenvalue weighted by Gasteiger charge is -2.48. The van der Waals surface area contributed by atoms with E-state index in [1.165, 1.54) is 29.9 Å². The highest BCUT2D eigenvalue weighted by molar-refractivity contribution is 7.95. The predicted molar refractivity (Wildman–Crippen MR) is 326 cm³/mol. The minimum absolute atomic E-state index is 0.0424. The maximum atomic E-state index is 14.8. The maximum Gasteiger partial charge on any atom is 0.311 e.